The molecule has 0 fully saturated rings. The van der Waals surface area contributed by atoms with Crippen molar-refractivity contribution in [1.29, 1.82) is 31.6 Å². The third kappa shape index (κ3) is 3.38. The van der Waals surface area contributed by atoms with Gasteiger partial charge in [0.05, 0.1) is 46.8 Å². The molecule has 1 aromatic carbocycles. The molecule has 0 spiro atoms. The van der Waals surface area contributed by atoms with Crippen molar-refractivity contribution in [2.75, 3.05) is 0 Å². The molecule has 8 heteroatoms. The van der Waals surface area contributed by atoms with Crippen LogP contribution in [-0.2, 0) is 0 Å². The first-order valence-corrected chi connectivity index (χ1v) is 13.3. The van der Waals surface area contributed by atoms with Gasteiger partial charge >= 0.3 is 0 Å². The van der Waals surface area contributed by atoms with Gasteiger partial charge in [-0.1, -0.05) is 36.4 Å². The van der Waals surface area contributed by atoms with E-state index in [1.807, 2.05) is 36.4 Å². The standard InChI is InChI=1S/C32H26N8/c33-13-25-21-5-1-3-7-23(21)27(31(15-35,16-36)29(25)39)19-9-11-20(12-10-19)28-24-8-4-2-6-22(24)26(14-34)30(40)32(28,17-37)18-38/h5-6,9-12,23-24,27-28H,1-4,7-8,39-40H2. The topological polar surface area (TPSA) is 195 Å². The van der Waals surface area contributed by atoms with Crippen LogP contribution in [0.4, 0.5) is 0 Å². The molecule has 0 saturated carbocycles. The van der Waals surface area contributed by atoms with E-state index in [0.29, 0.717) is 12.8 Å². The van der Waals surface area contributed by atoms with Gasteiger partial charge in [-0.05, 0) is 72.6 Å². The minimum Gasteiger partial charge on any atom is -0.399 e. The average Bonchev–Trinajstić information content (AvgIpc) is 3.00. The molecule has 4 aliphatic rings. The van der Waals surface area contributed by atoms with Crippen molar-refractivity contribution in [3.05, 3.63) is 81.2 Å². The average molecular weight is 523 g/mol. The van der Waals surface area contributed by atoms with E-state index >= 15 is 0 Å². The Balaban J connectivity index is 1.67. The molecule has 4 unspecified atom stereocenters. The second-order valence-electron chi connectivity index (χ2n) is 10.9. The van der Waals surface area contributed by atoms with Gasteiger partial charge in [-0.3, -0.25) is 0 Å². The van der Waals surface area contributed by atoms with E-state index in [0.717, 1.165) is 48.0 Å². The summed E-state index contributed by atoms with van der Waals surface area (Å²) in [6, 6.07) is 20.3. The van der Waals surface area contributed by atoms with E-state index in [-0.39, 0.29) is 34.4 Å². The molecule has 4 atom stereocenters. The van der Waals surface area contributed by atoms with Crippen molar-refractivity contribution in [3.8, 4) is 36.4 Å². The van der Waals surface area contributed by atoms with Crippen LogP contribution in [-0.4, -0.2) is 0 Å². The molecule has 0 heterocycles. The SMILES string of the molecule is N#CC1=C(N)C(C#N)(C#N)C(c2ccc(C3C4CCCC=C4C(C#N)=C(N)C3(C#N)C#N)cc2)C2CCCC=C12. The van der Waals surface area contributed by atoms with Crippen molar-refractivity contribution in [1.82, 2.24) is 0 Å². The van der Waals surface area contributed by atoms with Crippen LogP contribution < -0.4 is 11.5 Å². The normalized spacial score (nSPS) is 27.9. The summed E-state index contributed by atoms with van der Waals surface area (Å²) in [6.45, 7) is 0. The van der Waals surface area contributed by atoms with Crippen LogP contribution in [0.15, 0.2) is 70.1 Å². The molecule has 5 rings (SSSR count). The molecule has 0 bridgehead atoms. The van der Waals surface area contributed by atoms with Crippen molar-refractivity contribution in [2.24, 2.45) is 34.1 Å². The highest BCUT2D eigenvalue weighted by atomic mass is 14.7. The molecule has 40 heavy (non-hydrogen) atoms. The van der Waals surface area contributed by atoms with Crippen LogP contribution in [0, 0.1) is 90.7 Å². The maximum atomic E-state index is 10.3. The first-order chi connectivity index (χ1) is 19.4. The van der Waals surface area contributed by atoms with Gasteiger partial charge in [0.1, 0.15) is 12.1 Å². The van der Waals surface area contributed by atoms with E-state index in [1.165, 1.54) is 0 Å². The maximum Gasteiger partial charge on any atom is 0.191 e. The number of rotatable bonds is 2. The van der Waals surface area contributed by atoms with E-state index in [4.69, 9.17) is 11.5 Å². The van der Waals surface area contributed by atoms with Crippen molar-refractivity contribution >= 4 is 0 Å². The lowest BCUT2D eigenvalue weighted by atomic mass is 9.55. The monoisotopic (exact) mass is 522 g/mol. The zero-order valence-electron chi connectivity index (χ0n) is 21.9. The highest BCUT2D eigenvalue weighted by Crippen LogP contribution is 2.58. The number of benzene rings is 1. The minimum atomic E-state index is -1.71. The predicted molar refractivity (Wildman–Crippen MR) is 144 cm³/mol. The summed E-state index contributed by atoms with van der Waals surface area (Å²) in [6.07, 6.45) is 8.74. The lowest BCUT2D eigenvalue weighted by molar-refractivity contribution is 0.313. The maximum absolute atomic E-state index is 10.3. The number of nitrogens with zero attached hydrogens (tertiary/aromatic N) is 6. The summed E-state index contributed by atoms with van der Waals surface area (Å²) >= 11 is 0. The van der Waals surface area contributed by atoms with Crippen LogP contribution in [0.3, 0.4) is 0 Å². The Morgan fingerprint density at radius 2 is 0.950 bits per heavy atom. The number of nitriles is 6. The van der Waals surface area contributed by atoms with Crippen LogP contribution in [0.5, 0.6) is 0 Å². The zero-order valence-corrected chi connectivity index (χ0v) is 21.9. The molecule has 4 N–H and O–H groups in total. The molecule has 0 aliphatic heterocycles. The number of hydrogen-bond donors (Lipinski definition) is 2. The Morgan fingerprint density at radius 3 is 1.25 bits per heavy atom. The highest BCUT2D eigenvalue weighted by molar-refractivity contribution is 5.61. The molecule has 194 valence electrons. The summed E-state index contributed by atoms with van der Waals surface area (Å²) in [4.78, 5) is 0. The Bertz CT molecular complexity index is 1510. The molecular formula is C32H26N8. The summed E-state index contributed by atoms with van der Waals surface area (Å²) < 4.78 is 0. The fourth-order valence-corrected chi connectivity index (χ4v) is 7.41. The lowest BCUT2D eigenvalue weighted by Crippen LogP contribution is -2.43. The first kappa shape index (κ1) is 26.3. The number of fused-ring (bicyclic) bond motifs is 2. The van der Waals surface area contributed by atoms with Gasteiger partial charge in [-0.2, -0.15) is 31.6 Å². The van der Waals surface area contributed by atoms with E-state index < -0.39 is 22.7 Å². The quantitative estimate of drug-likeness (QED) is 0.548. The fraction of sp³-hybridized carbons (Fsp3) is 0.375. The molecule has 0 saturated heterocycles. The smallest absolute Gasteiger partial charge is 0.191 e. The number of allylic oxidation sites excluding steroid dienone is 8. The van der Waals surface area contributed by atoms with Gasteiger partial charge in [0.25, 0.3) is 0 Å². The van der Waals surface area contributed by atoms with Gasteiger partial charge in [-0.25, -0.2) is 0 Å². The number of hydrogen-bond acceptors (Lipinski definition) is 8. The first-order valence-electron chi connectivity index (χ1n) is 13.3. The predicted octanol–water partition coefficient (Wildman–Crippen LogP) is 4.87. The largest absolute Gasteiger partial charge is 0.399 e. The van der Waals surface area contributed by atoms with Gasteiger partial charge in [0.2, 0.25) is 0 Å². The van der Waals surface area contributed by atoms with Crippen LogP contribution in [0.2, 0.25) is 0 Å². The van der Waals surface area contributed by atoms with Crippen molar-refractivity contribution in [3.63, 3.8) is 0 Å². The molecule has 1 aromatic rings. The summed E-state index contributed by atoms with van der Waals surface area (Å²) in [5.74, 6) is -1.64. The van der Waals surface area contributed by atoms with Gasteiger partial charge in [0, 0.05) is 11.8 Å². The summed E-state index contributed by atoms with van der Waals surface area (Å²) in [5.41, 5.74) is 12.8. The van der Waals surface area contributed by atoms with Gasteiger partial charge in [-0.15, -0.1) is 0 Å². The van der Waals surface area contributed by atoms with Gasteiger partial charge in [0.15, 0.2) is 10.8 Å². The second-order valence-corrected chi connectivity index (χ2v) is 10.9. The van der Waals surface area contributed by atoms with Crippen LogP contribution >= 0.6 is 0 Å². The van der Waals surface area contributed by atoms with E-state index in [9.17, 15) is 31.6 Å². The Hall–Kier alpha value is -5.28. The van der Waals surface area contributed by atoms with Crippen LogP contribution in [0.25, 0.3) is 0 Å². The van der Waals surface area contributed by atoms with Crippen molar-refractivity contribution in [2.45, 2.75) is 50.4 Å². The fourth-order valence-electron chi connectivity index (χ4n) is 7.41. The molecular weight excluding hydrogens is 496 g/mol. The highest BCUT2D eigenvalue weighted by Gasteiger charge is 2.55. The molecule has 0 amide bonds. The third-order valence-electron chi connectivity index (χ3n) is 9.25. The Morgan fingerprint density at radius 1 is 0.600 bits per heavy atom. The van der Waals surface area contributed by atoms with E-state index in [1.54, 1.807) is 0 Å². The third-order valence-corrected chi connectivity index (χ3v) is 9.25. The molecule has 0 radical (unpaired) electrons. The summed E-state index contributed by atoms with van der Waals surface area (Å²) in [5, 5.41) is 61.0. The van der Waals surface area contributed by atoms with E-state index in [2.05, 4.69) is 36.4 Å². The second kappa shape index (κ2) is 9.79. The Kier molecular flexibility index (Phi) is 6.45. The van der Waals surface area contributed by atoms with Crippen LogP contribution in [0.1, 0.15) is 61.5 Å². The van der Waals surface area contributed by atoms with Gasteiger partial charge < -0.3 is 11.5 Å². The molecule has 0 aromatic heterocycles. The molecule has 4 aliphatic carbocycles. The molecule has 8 nitrogen and oxygen atoms in total. The lowest BCUT2D eigenvalue weighted by Gasteiger charge is -2.44. The number of nitrogens with two attached hydrogens (primary N) is 2. The van der Waals surface area contributed by atoms with Crippen molar-refractivity contribution < 1.29 is 0 Å². The minimum absolute atomic E-state index is 0.0161. The summed E-state index contributed by atoms with van der Waals surface area (Å²) in [7, 11) is 0. The zero-order chi connectivity index (χ0) is 28.7. The Labute approximate surface area is 233 Å².